The van der Waals surface area contributed by atoms with Gasteiger partial charge < -0.3 is 5.11 Å². The summed E-state index contributed by atoms with van der Waals surface area (Å²) < 4.78 is 12.5. The molecule has 0 saturated carbocycles. The van der Waals surface area contributed by atoms with Gasteiger partial charge in [0.2, 0.25) is 0 Å². The van der Waals surface area contributed by atoms with E-state index in [0.29, 0.717) is 5.56 Å². The van der Waals surface area contributed by atoms with Crippen molar-refractivity contribution >= 4 is 11.6 Å². The molecule has 12 heavy (non-hydrogen) atoms. The number of phenols is 1. The molecule has 3 heteroatoms. The monoisotopic (exact) mass is 190 g/mol. The van der Waals surface area contributed by atoms with Crippen LogP contribution in [0.3, 0.4) is 0 Å². The van der Waals surface area contributed by atoms with Gasteiger partial charge in [-0.15, -0.1) is 0 Å². The van der Waals surface area contributed by atoms with Gasteiger partial charge in [-0.2, -0.15) is 0 Å². The summed E-state index contributed by atoms with van der Waals surface area (Å²) in [7, 11) is 0. The second-order valence-corrected chi connectivity index (χ2v) is 2.46. The summed E-state index contributed by atoms with van der Waals surface area (Å²) in [5, 5.41) is 8.92. The van der Waals surface area contributed by atoms with Crippen LogP contribution in [0, 0.1) is 12.7 Å². The van der Waals surface area contributed by atoms with Gasteiger partial charge >= 0.3 is 0 Å². The minimum Gasteiger partial charge on any atom is -0.508 e. The summed E-state index contributed by atoms with van der Waals surface area (Å²) in [5.41, 5.74) is 0.488. The van der Waals surface area contributed by atoms with Crippen LogP contribution in [0.2, 0.25) is 5.02 Å². The zero-order chi connectivity index (χ0) is 9.72. The molecule has 0 amide bonds. The average Bonchev–Trinajstić information content (AvgIpc) is 2.05. The highest BCUT2D eigenvalue weighted by atomic mass is 35.5. The average molecular weight is 191 g/mol. The highest BCUT2D eigenvalue weighted by Gasteiger charge is 2.02. The zero-order valence-corrected chi connectivity index (χ0v) is 8.11. The summed E-state index contributed by atoms with van der Waals surface area (Å²) in [5.74, 6) is -0.483. The van der Waals surface area contributed by atoms with E-state index in [4.69, 9.17) is 16.7 Å². The Bertz CT molecular complexity index is 211. The molecule has 0 spiro atoms. The van der Waals surface area contributed by atoms with E-state index in [1.54, 1.807) is 6.92 Å². The predicted octanol–water partition coefficient (Wildman–Crippen LogP) is 3.52. The molecule has 0 aliphatic rings. The molecule has 0 unspecified atom stereocenters. The lowest BCUT2D eigenvalue weighted by Gasteiger charge is -1.98. The van der Waals surface area contributed by atoms with Crippen molar-refractivity contribution in [2.75, 3.05) is 0 Å². The first-order chi connectivity index (χ1) is 5.61. The first-order valence-electron chi connectivity index (χ1n) is 3.76. The van der Waals surface area contributed by atoms with E-state index in [9.17, 15) is 4.39 Å². The van der Waals surface area contributed by atoms with Crippen LogP contribution in [0.5, 0.6) is 5.75 Å². The number of hydrogen-bond donors (Lipinski definition) is 1. The van der Waals surface area contributed by atoms with E-state index in [1.165, 1.54) is 12.1 Å². The second-order valence-electron chi connectivity index (χ2n) is 2.05. The van der Waals surface area contributed by atoms with Gasteiger partial charge in [0.15, 0.2) is 0 Å². The quantitative estimate of drug-likeness (QED) is 0.664. The second kappa shape index (κ2) is 4.99. The van der Waals surface area contributed by atoms with Crippen LogP contribution in [0.15, 0.2) is 12.1 Å². The molecule has 0 aliphatic carbocycles. The minimum atomic E-state index is -0.503. The Hall–Kier alpha value is -0.760. The summed E-state index contributed by atoms with van der Waals surface area (Å²) in [6, 6.07) is 2.38. The highest BCUT2D eigenvalue weighted by Crippen LogP contribution is 2.23. The van der Waals surface area contributed by atoms with Crippen molar-refractivity contribution in [1.29, 1.82) is 0 Å². The first-order valence-corrected chi connectivity index (χ1v) is 4.13. The van der Waals surface area contributed by atoms with Crippen molar-refractivity contribution in [3.8, 4) is 5.75 Å². The van der Waals surface area contributed by atoms with E-state index in [-0.39, 0.29) is 10.8 Å². The fourth-order valence-electron chi connectivity index (χ4n) is 0.636. The third-order valence-corrected chi connectivity index (χ3v) is 1.53. The maximum absolute atomic E-state index is 12.5. The van der Waals surface area contributed by atoms with Gasteiger partial charge in [0.25, 0.3) is 0 Å². The molecule has 1 aromatic carbocycles. The number of benzene rings is 1. The molecule has 1 N–H and O–H groups in total. The summed E-state index contributed by atoms with van der Waals surface area (Å²) >= 11 is 5.35. The maximum atomic E-state index is 12.5. The van der Waals surface area contributed by atoms with Crippen molar-refractivity contribution in [1.82, 2.24) is 0 Å². The number of rotatable bonds is 0. The molecule has 0 radical (unpaired) electrons. The number of aryl methyl sites for hydroxylation is 1. The van der Waals surface area contributed by atoms with Crippen molar-refractivity contribution < 1.29 is 9.50 Å². The van der Waals surface area contributed by atoms with Crippen LogP contribution >= 0.6 is 11.6 Å². The van der Waals surface area contributed by atoms with Crippen molar-refractivity contribution in [3.63, 3.8) is 0 Å². The van der Waals surface area contributed by atoms with Gasteiger partial charge in [0.05, 0.1) is 5.02 Å². The standard InChI is InChI=1S/C7H6ClFO.C2H6/c1-4-2-6(9)5(8)3-7(4)10;1-2/h2-3,10H,1H3;1-2H3. The van der Waals surface area contributed by atoms with E-state index >= 15 is 0 Å². The van der Waals surface area contributed by atoms with Crippen LogP contribution in [0.4, 0.5) is 4.39 Å². The molecule has 0 fully saturated rings. The number of halogens is 2. The molecule has 1 rings (SSSR count). The smallest absolute Gasteiger partial charge is 0.142 e. The van der Waals surface area contributed by atoms with Crippen LogP contribution in [-0.2, 0) is 0 Å². The normalized spacial score (nSPS) is 8.75. The van der Waals surface area contributed by atoms with Crippen LogP contribution in [0.1, 0.15) is 19.4 Å². The van der Waals surface area contributed by atoms with Gasteiger partial charge in [0, 0.05) is 6.07 Å². The van der Waals surface area contributed by atoms with Gasteiger partial charge in [-0.25, -0.2) is 4.39 Å². The van der Waals surface area contributed by atoms with Gasteiger partial charge in [0.1, 0.15) is 11.6 Å². The molecule has 0 heterocycles. The topological polar surface area (TPSA) is 20.2 Å². The Labute approximate surface area is 76.8 Å². The summed E-state index contributed by atoms with van der Waals surface area (Å²) in [4.78, 5) is 0. The summed E-state index contributed by atoms with van der Waals surface area (Å²) in [6.07, 6.45) is 0. The molecule has 0 atom stereocenters. The van der Waals surface area contributed by atoms with Gasteiger partial charge in [-0.3, -0.25) is 0 Å². The summed E-state index contributed by atoms with van der Waals surface area (Å²) in [6.45, 7) is 5.61. The van der Waals surface area contributed by atoms with E-state index in [1.807, 2.05) is 13.8 Å². The Kier molecular flexibility index (Phi) is 4.67. The van der Waals surface area contributed by atoms with Gasteiger partial charge in [-0.1, -0.05) is 25.4 Å². The van der Waals surface area contributed by atoms with E-state index in [2.05, 4.69) is 0 Å². The first kappa shape index (κ1) is 11.2. The fourth-order valence-corrected chi connectivity index (χ4v) is 0.794. The number of phenolic OH excluding ortho intramolecular Hbond substituents is 1. The molecular formula is C9H12ClFO. The minimum absolute atomic E-state index is 0.0198. The lowest BCUT2D eigenvalue weighted by molar-refractivity contribution is 0.468. The van der Waals surface area contributed by atoms with Crippen molar-refractivity contribution in [2.24, 2.45) is 0 Å². The molecule has 0 aromatic heterocycles. The third-order valence-electron chi connectivity index (χ3n) is 1.24. The van der Waals surface area contributed by atoms with Crippen LogP contribution < -0.4 is 0 Å². The van der Waals surface area contributed by atoms with E-state index < -0.39 is 5.82 Å². The zero-order valence-electron chi connectivity index (χ0n) is 7.36. The highest BCUT2D eigenvalue weighted by molar-refractivity contribution is 6.30. The third kappa shape index (κ3) is 2.70. The SMILES string of the molecule is CC.Cc1cc(F)c(Cl)cc1O. The van der Waals surface area contributed by atoms with Crippen LogP contribution in [-0.4, -0.2) is 5.11 Å². The molecule has 0 saturated heterocycles. The number of hydrogen-bond acceptors (Lipinski definition) is 1. The van der Waals surface area contributed by atoms with Crippen LogP contribution in [0.25, 0.3) is 0 Å². The Morgan fingerprint density at radius 1 is 1.33 bits per heavy atom. The van der Waals surface area contributed by atoms with Gasteiger partial charge in [-0.05, 0) is 18.6 Å². The Balaban J connectivity index is 0.000000561. The Morgan fingerprint density at radius 2 is 1.83 bits per heavy atom. The molecule has 1 nitrogen and oxygen atoms in total. The molecule has 68 valence electrons. The maximum Gasteiger partial charge on any atom is 0.142 e. The van der Waals surface area contributed by atoms with Crippen molar-refractivity contribution in [2.45, 2.75) is 20.8 Å². The fraction of sp³-hybridized carbons (Fsp3) is 0.333. The molecule has 0 bridgehead atoms. The molecular weight excluding hydrogens is 179 g/mol. The molecule has 1 aromatic rings. The Morgan fingerprint density at radius 3 is 2.25 bits per heavy atom. The van der Waals surface area contributed by atoms with E-state index in [0.717, 1.165) is 0 Å². The predicted molar refractivity (Wildman–Crippen MR) is 49.2 cm³/mol. The van der Waals surface area contributed by atoms with Crippen molar-refractivity contribution in [3.05, 3.63) is 28.5 Å². The molecule has 0 aliphatic heterocycles. The lowest BCUT2D eigenvalue weighted by atomic mass is 10.2. The largest absolute Gasteiger partial charge is 0.508 e. The number of aromatic hydroxyl groups is 1. The lowest BCUT2D eigenvalue weighted by Crippen LogP contribution is -1.79.